The number of benzene rings is 1. The minimum Gasteiger partial charge on any atom is -0.500 e. The lowest BCUT2D eigenvalue weighted by Crippen LogP contribution is -2.27. The fraction of sp³-hybridized carbons (Fsp3) is 0.308. The Morgan fingerprint density at radius 3 is 2.85 bits per heavy atom. The molecule has 0 amide bonds. The standard InChI is InChI=1S/C13H14N2O3S2/c1-2-18-8-7-14-9-12(20-13(14)19)10-3-5-11(6-4-10)15(16)17/h2-6,12H,1,7-9H2. The molecule has 0 bridgehead atoms. The maximum absolute atomic E-state index is 10.6. The minimum absolute atomic E-state index is 0.107. The fourth-order valence-electron chi connectivity index (χ4n) is 1.92. The molecule has 1 aliphatic rings. The van der Waals surface area contributed by atoms with Crippen LogP contribution in [-0.2, 0) is 4.74 Å². The van der Waals surface area contributed by atoms with Gasteiger partial charge in [0.2, 0.25) is 0 Å². The number of nitrogens with zero attached hydrogens (tertiary/aromatic N) is 2. The van der Waals surface area contributed by atoms with Crippen molar-refractivity contribution in [3.63, 3.8) is 0 Å². The van der Waals surface area contributed by atoms with Gasteiger partial charge in [0.05, 0.1) is 23.0 Å². The van der Waals surface area contributed by atoms with E-state index in [9.17, 15) is 10.1 Å². The van der Waals surface area contributed by atoms with E-state index in [1.807, 2.05) is 0 Å². The molecule has 0 saturated carbocycles. The maximum atomic E-state index is 10.6. The third-order valence-corrected chi connectivity index (χ3v) is 4.67. The molecule has 0 spiro atoms. The molecule has 20 heavy (non-hydrogen) atoms. The molecular weight excluding hydrogens is 296 g/mol. The van der Waals surface area contributed by atoms with Gasteiger partial charge in [0.25, 0.3) is 5.69 Å². The van der Waals surface area contributed by atoms with E-state index in [2.05, 4.69) is 11.5 Å². The van der Waals surface area contributed by atoms with Crippen LogP contribution in [0.25, 0.3) is 0 Å². The van der Waals surface area contributed by atoms with E-state index in [0.29, 0.717) is 6.61 Å². The molecule has 2 rings (SSSR count). The zero-order valence-electron chi connectivity index (χ0n) is 10.7. The largest absolute Gasteiger partial charge is 0.500 e. The summed E-state index contributed by atoms with van der Waals surface area (Å²) in [6, 6.07) is 6.65. The average molecular weight is 310 g/mol. The van der Waals surface area contributed by atoms with Gasteiger partial charge in [0, 0.05) is 18.7 Å². The average Bonchev–Trinajstić information content (AvgIpc) is 2.81. The van der Waals surface area contributed by atoms with Crippen LogP contribution in [0.5, 0.6) is 0 Å². The molecule has 1 aromatic carbocycles. The van der Waals surface area contributed by atoms with Gasteiger partial charge in [-0.25, -0.2) is 0 Å². The van der Waals surface area contributed by atoms with Gasteiger partial charge in [-0.15, -0.1) is 0 Å². The van der Waals surface area contributed by atoms with Crippen LogP contribution in [0.1, 0.15) is 10.8 Å². The molecule has 106 valence electrons. The summed E-state index contributed by atoms with van der Waals surface area (Å²) in [5, 5.41) is 10.8. The lowest BCUT2D eigenvalue weighted by molar-refractivity contribution is -0.384. The smallest absolute Gasteiger partial charge is 0.269 e. The van der Waals surface area contributed by atoms with E-state index in [4.69, 9.17) is 17.0 Å². The van der Waals surface area contributed by atoms with Gasteiger partial charge in [-0.05, 0) is 5.56 Å². The summed E-state index contributed by atoms with van der Waals surface area (Å²) in [7, 11) is 0. The summed E-state index contributed by atoms with van der Waals surface area (Å²) in [6.07, 6.45) is 1.42. The van der Waals surface area contributed by atoms with Gasteiger partial charge in [-0.3, -0.25) is 10.1 Å². The van der Waals surface area contributed by atoms with Gasteiger partial charge in [-0.2, -0.15) is 0 Å². The predicted octanol–water partition coefficient (Wildman–Crippen LogP) is 3.13. The Morgan fingerprint density at radius 1 is 1.55 bits per heavy atom. The lowest BCUT2D eigenvalue weighted by atomic mass is 10.1. The van der Waals surface area contributed by atoms with E-state index in [1.54, 1.807) is 23.9 Å². The molecule has 1 heterocycles. The monoisotopic (exact) mass is 310 g/mol. The molecule has 1 aromatic rings. The first kappa shape index (κ1) is 14.8. The van der Waals surface area contributed by atoms with Crippen LogP contribution in [0, 0.1) is 10.1 Å². The first-order chi connectivity index (χ1) is 9.61. The number of ether oxygens (including phenoxy) is 1. The number of nitro groups is 1. The Morgan fingerprint density at radius 2 is 2.25 bits per heavy atom. The summed E-state index contributed by atoms with van der Waals surface area (Å²) in [4.78, 5) is 12.3. The van der Waals surface area contributed by atoms with Gasteiger partial charge < -0.3 is 9.64 Å². The van der Waals surface area contributed by atoms with Gasteiger partial charge in [0.1, 0.15) is 10.9 Å². The quantitative estimate of drug-likeness (QED) is 0.264. The highest BCUT2D eigenvalue weighted by Gasteiger charge is 2.28. The van der Waals surface area contributed by atoms with Crippen LogP contribution >= 0.6 is 24.0 Å². The summed E-state index contributed by atoms with van der Waals surface area (Å²) >= 11 is 6.94. The third-order valence-electron chi connectivity index (χ3n) is 2.96. The Balaban J connectivity index is 1.98. The Labute approximate surface area is 126 Å². The molecule has 1 aliphatic heterocycles. The predicted molar refractivity (Wildman–Crippen MR) is 83.7 cm³/mol. The number of non-ortho nitro benzene ring substituents is 1. The summed E-state index contributed by atoms with van der Waals surface area (Å²) < 4.78 is 5.94. The van der Waals surface area contributed by atoms with E-state index in [-0.39, 0.29) is 10.9 Å². The van der Waals surface area contributed by atoms with Crippen molar-refractivity contribution in [2.45, 2.75) is 5.25 Å². The molecule has 1 unspecified atom stereocenters. The van der Waals surface area contributed by atoms with Crippen molar-refractivity contribution in [1.82, 2.24) is 4.90 Å². The summed E-state index contributed by atoms with van der Waals surface area (Å²) in [6.45, 7) is 5.56. The maximum Gasteiger partial charge on any atom is 0.269 e. The van der Waals surface area contributed by atoms with Crippen LogP contribution in [0.4, 0.5) is 5.69 Å². The second-order valence-corrected chi connectivity index (χ2v) is 6.04. The van der Waals surface area contributed by atoms with Crippen molar-refractivity contribution < 1.29 is 9.66 Å². The summed E-state index contributed by atoms with van der Waals surface area (Å²) in [5.41, 5.74) is 1.16. The van der Waals surface area contributed by atoms with Gasteiger partial charge in [-0.1, -0.05) is 42.7 Å². The number of hydrogen-bond donors (Lipinski definition) is 0. The van der Waals surface area contributed by atoms with Crippen molar-refractivity contribution >= 4 is 34.0 Å². The molecule has 0 N–H and O–H groups in total. The van der Waals surface area contributed by atoms with Gasteiger partial charge in [0.15, 0.2) is 0 Å². The zero-order chi connectivity index (χ0) is 14.5. The molecule has 1 saturated heterocycles. The minimum atomic E-state index is -0.394. The molecule has 0 radical (unpaired) electrons. The number of thiocarbonyl (C=S) groups is 1. The highest BCUT2D eigenvalue weighted by Crippen LogP contribution is 2.38. The van der Waals surface area contributed by atoms with E-state index in [0.717, 1.165) is 23.0 Å². The Bertz CT molecular complexity index is 519. The zero-order valence-corrected chi connectivity index (χ0v) is 12.4. The number of thioether (sulfide) groups is 1. The fourth-order valence-corrected chi connectivity index (χ4v) is 3.54. The van der Waals surface area contributed by atoms with Crippen molar-refractivity contribution in [3.8, 4) is 0 Å². The van der Waals surface area contributed by atoms with Crippen molar-refractivity contribution in [3.05, 3.63) is 52.8 Å². The number of nitro benzene ring substituents is 1. The van der Waals surface area contributed by atoms with Crippen LogP contribution in [-0.4, -0.2) is 33.8 Å². The van der Waals surface area contributed by atoms with Crippen LogP contribution < -0.4 is 0 Å². The number of hydrogen-bond acceptors (Lipinski definition) is 5. The number of rotatable bonds is 6. The highest BCUT2D eigenvalue weighted by molar-refractivity contribution is 8.23. The molecule has 5 nitrogen and oxygen atoms in total. The van der Waals surface area contributed by atoms with E-state index in [1.165, 1.54) is 18.4 Å². The normalized spacial score (nSPS) is 18.1. The lowest BCUT2D eigenvalue weighted by Gasteiger charge is -2.16. The SMILES string of the molecule is C=COCCN1CC(c2ccc([N+](=O)[O-])cc2)SC1=S. The molecule has 1 atom stereocenters. The highest BCUT2D eigenvalue weighted by atomic mass is 32.2. The summed E-state index contributed by atoms with van der Waals surface area (Å²) in [5.74, 6) is 0. The van der Waals surface area contributed by atoms with Crippen molar-refractivity contribution in [2.75, 3.05) is 19.7 Å². The molecule has 0 aromatic heterocycles. The molecule has 7 heteroatoms. The topological polar surface area (TPSA) is 55.6 Å². The van der Waals surface area contributed by atoms with Crippen LogP contribution in [0.15, 0.2) is 37.1 Å². The molecular formula is C13H14N2O3S2. The van der Waals surface area contributed by atoms with Crippen LogP contribution in [0.3, 0.4) is 0 Å². The Kier molecular flexibility index (Phi) is 4.97. The second-order valence-electron chi connectivity index (χ2n) is 4.20. The first-order valence-electron chi connectivity index (χ1n) is 6.04. The molecule has 0 aliphatic carbocycles. The van der Waals surface area contributed by atoms with E-state index < -0.39 is 4.92 Å². The molecule has 1 fully saturated rings. The van der Waals surface area contributed by atoms with Crippen molar-refractivity contribution in [1.29, 1.82) is 0 Å². The first-order valence-corrected chi connectivity index (χ1v) is 7.33. The third kappa shape index (κ3) is 3.49. The van der Waals surface area contributed by atoms with Gasteiger partial charge >= 0.3 is 0 Å². The Hall–Kier alpha value is -1.60. The van der Waals surface area contributed by atoms with E-state index >= 15 is 0 Å². The van der Waals surface area contributed by atoms with Crippen molar-refractivity contribution in [2.24, 2.45) is 0 Å². The van der Waals surface area contributed by atoms with Crippen LogP contribution in [0.2, 0.25) is 0 Å². The second kappa shape index (κ2) is 6.71.